The fraction of sp³-hybridized carbons (Fsp3) is 0.406. The lowest BCUT2D eigenvalue weighted by Crippen LogP contribution is -2.47. The number of benzene rings is 2. The molecule has 0 spiro atoms. The first kappa shape index (κ1) is 24.3. The van der Waals surface area contributed by atoms with Crippen molar-refractivity contribution in [2.24, 2.45) is 10.9 Å². The van der Waals surface area contributed by atoms with Gasteiger partial charge in [-0.15, -0.1) is 0 Å². The van der Waals surface area contributed by atoms with Gasteiger partial charge in [0.25, 0.3) is 0 Å². The molecule has 3 aliphatic rings. The first-order valence-electron chi connectivity index (χ1n) is 14.4. The Morgan fingerprint density at radius 2 is 1.82 bits per heavy atom. The average Bonchev–Trinajstić information content (AvgIpc) is 3.72. The second kappa shape index (κ2) is 10.1. The highest BCUT2D eigenvalue weighted by Crippen LogP contribution is 2.38. The van der Waals surface area contributed by atoms with E-state index in [1.165, 1.54) is 35.2 Å². The van der Waals surface area contributed by atoms with E-state index in [-0.39, 0.29) is 0 Å². The summed E-state index contributed by atoms with van der Waals surface area (Å²) in [5, 5.41) is 1.25. The van der Waals surface area contributed by atoms with Crippen molar-refractivity contribution in [1.82, 2.24) is 19.4 Å². The van der Waals surface area contributed by atoms with Gasteiger partial charge in [-0.25, -0.2) is 4.98 Å². The molecule has 2 aromatic carbocycles. The maximum atomic E-state index is 6.42. The highest BCUT2D eigenvalue weighted by molar-refractivity contribution is 6.03. The predicted octanol–water partition coefficient (Wildman–Crippen LogP) is 5.21. The number of aryl methyl sites for hydroxylation is 1. The maximum Gasteiger partial charge on any atom is 0.147 e. The molecule has 4 heterocycles. The van der Waals surface area contributed by atoms with E-state index in [0.29, 0.717) is 12.5 Å². The quantitative estimate of drug-likeness (QED) is 0.313. The van der Waals surface area contributed by atoms with Gasteiger partial charge in [0.15, 0.2) is 0 Å². The smallest absolute Gasteiger partial charge is 0.147 e. The number of pyridine rings is 1. The summed E-state index contributed by atoms with van der Waals surface area (Å²) >= 11 is 0. The molecule has 2 aliphatic heterocycles. The zero-order valence-electron chi connectivity index (χ0n) is 22.9. The van der Waals surface area contributed by atoms with Crippen LogP contribution in [-0.4, -0.2) is 64.4 Å². The maximum absolute atomic E-state index is 6.42. The Morgan fingerprint density at radius 1 is 1.00 bits per heavy atom. The van der Waals surface area contributed by atoms with Crippen LogP contribution >= 0.6 is 0 Å². The third kappa shape index (κ3) is 4.59. The number of nitrogens with zero attached hydrogens (tertiary/aromatic N) is 6. The molecule has 0 atom stereocenters. The van der Waals surface area contributed by atoms with E-state index in [0.717, 1.165) is 79.7 Å². The van der Waals surface area contributed by atoms with Crippen molar-refractivity contribution in [3.8, 4) is 11.4 Å². The molecule has 2 fully saturated rings. The van der Waals surface area contributed by atoms with Crippen molar-refractivity contribution >= 4 is 22.3 Å². The molecular weight excluding hydrogens is 484 g/mol. The molecule has 39 heavy (non-hydrogen) atoms. The number of ether oxygens (including phenoxy) is 1. The number of imidazole rings is 1. The van der Waals surface area contributed by atoms with E-state index in [9.17, 15) is 0 Å². The van der Waals surface area contributed by atoms with E-state index >= 15 is 0 Å². The summed E-state index contributed by atoms with van der Waals surface area (Å²) in [4.78, 5) is 19.4. The van der Waals surface area contributed by atoms with Crippen LogP contribution in [0.25, 0.3) is 16.6 Å². The molecule has 7 heteroatoms. The number of para-hydroxylation sites is 1. The lowest BCUT2D eigenvalue weighted by molar-refractivity contribution is 0.255. The van der Waals surface area contributed by atoms with Crippen LogP contribution in [0.4, 0.5) is 5.69 Å². The molecule has 0 unspecified atom stereocenters. The minimum absolute atomic E-state index is 0.549. The number of rotatable bonds is 7. The standard InChI is InChI=1S/C32H36N6O/c1-3-33-30(23-11-12-23)31-29-20-39-32-24(6-4-9-28(32)38(29)21-34-31)14-15-36-16-18-37(19-17-36)27-8-5-7-26-25(27)13-10-22(2)35-26/h4-10,13,21,23H,3,11-12,14-20H2,1-2H3/b33-30+. The molecule has 7 rings (SSSR count). The van der Waals surface area contributed by atoms with Gasteiger partial charge in [-0.3, -0.25) is 19.4 Å². The molecule has 1 saturated heterocycles. The predicted molar refractivity (Wildman–Crippen MR) is 157 cm³/mol. The van der Waals surface area contributed by atoms with E-state index < -0.39 is 0 Å². The van der Waals surface area contributed by atoms with Gasteiger partial charge in [0, 0.05) is 62.0 Å². The largest absolute Gasteiger partial charge is 0.485 e. The van der Waals surface area contributed by atoms with Crippen LogP contribution in [0.3, 0.4) is 0 Å². The molecule has 0 N–H and O–H groups in total. The van der Waals surface area contributed by atoms with Gasteiger partial charge in [0.05, 0.1) is 22.6 Å². The lowest BCUT2D eigenvalue weighted by atomic mass is 10.1. The van der Waals surface area contributed by atoms with Crippen LogP contribution in [0.15, 0.2) is 59.9 Å². The summed E-state index contributed by atoms with van der Waals surface area (Å²) < 4.78 is 8.65. The Kier molecular flexibility index (Phi) is 6.31. The normalized spacial score (nSPS) is 17.7. The number of fused-ring (bicyclic) bond motifs is 4. The Hall–Kier alpha value is -3.71. The van der Waals surface area contributed by atoms with E-state index in [4.69, 9.17) is 19.7 Å². The highest BCUT2D eigenvalue weighted by Gasteiger charge is 2.33. The minimum atomic E-state index is 0.549. The summed E-state index contributed by atoms with van der Waals surface area (Å²) in [5.74, 6) is 1.57. The summed E-state index contributed by atoms with van der Waals surface area (Å²) in [5.41, 5.74) is 9.16. The zero-order chi connectivity index (χ0) is 26.3. The first-order valence-corrected chi connectivity index (χ1v) is 14.4. The van der Waals surface area contributed by atoms with E-state index in [1.807, 2.05) is 6.33 Å². The second-order valence-electron chi connectivity index (χ2n) is 11.0. The summed E-state index contributed by atoms with van der Waals surface area (Å²) in [7, 11) is 0. The van der Waals surface area contributed by atoms with Crippen LogP contribution in [0.2, 0.25) is 0 Å². The monoisotopic (exact) mass is 520 g/mol. The van der Waals surface area contributed by atoms with Gasteiger partial charge >= 0.3 is 0 Å². The molecule has 2 aromatic heterocycles. The topological polar surface area (TPSA) is 58.8 Å². The van der Waals surface area contributed by atoms with Gasteiger partial charge < -0.3 is 9.64 Å². The van der Waals surface area contributed by atoms with Gasteiger partial charge in [-0.1, -0.05) is 18.2 Å². The van der Waals surface area contributed by atoms with Crippen molar-refractivity contribution < 1.29 is 4.74 Å². The number of aromatic nitrogens is 3. The number of hydrogen-bond acceptors (Lipinski definition) is 6. The molecule has 7 nitrogen and oxygen atoms in total. The minimum Gasteiger partial charge on any atom is -0.485 e. The second-order valence-corrected chi connectivity index (χ2v) is 11.0. The van der Waals surface area contributed by atoms with Crippen LogP contribution in [0.1, 0.15) is 42.4 Å². The van der Waals surface area contributed by atoms with Gasteiger partial charge in [0.1, 0.15) is 24.4 Å². The number of anilines is 1. The Bertz CT molecular complexity index is 1540. The van der Waals surface area contributed by atoms with Crippen LogP contribution < -0.4 is 9.64 Å². The van der Waals surface area contributed by atoms with Gasteiger partial charge in [0.2, 0.25) is 0 Å². The van der Waals surface area contributed by atoms with Crippen molar-refractivity contribution in [2.45, 2.75) is 39.7 Å². The van der Waals surface area contributed by atoms with Crippen molar-refractivity contribution in [1.29, 1.82) is 0 Å². The van der Waals surface area contributed by atoms with Gasteiger partial charge in [-0.05, 0) is 69.0 Å². The number of piperazine rings is 1. The molecular formula is C32H36N6O. The number of hydrogen-bond donors (Lipinski definition) is 0. The Morgan fingerprint density at radius 3 is 2.64 bits per heavy atom. The fourth-order valence-corrected chi connectivity index (χ4v) is 6.13. The Balaban J connectivity index is 1.03. The van der Waals surface area contributed by atoms with Crippen LogP contribution in [0.5, 0.6) is 5.75 Å². The third-order valence-corrected chi connectivity index (χ3v) is 8.35. The molecule has 0 radical (unpaired) electrons. The van der Waals surface area contributed by atoms with E-state index in [1.54, 1.807) is 0 Å². The Labute approximate surface area is 230 Å². The highest BCUT2D eigenvalue weighted by atomic mass is 16.5. The average molecular weight is 521 g/mol. The summed E-state index contributed by atoms with van der Waals surface area (Å²) in [6.45, 7) is 10.7. The summed E-state index contributed by atoms with van der Waals surface area (Å²) in [6, 6.07) is 17.3. The van der Waals surface area contributed by atoms with Crippen molar-refractivity contribution in [3.05, 3.63) is 77.5 Å². The molecule has 0 bridgehead atoms. The molecule has 4 aromatic rings. The SMILES string of the molecule is CC/N=C(/c1ncn2c1COc1c(CCN3CCN(c4cccc5nc(C)ccc45)CC3)cccc1-2)C1CC1. The van der Waals surface area contributed by atoms with Crippen molar-refractivity contribution in [3.63, 3.8) is 0 Å². The van der Waals surface area contributed by atoms with Crippen LogP contribution in [0, 0.1) is 12.8 Å². The fourth-order valence-electron chi connectivity index (χ4n) is 6.13. The first-order chi connectivity index (χ1) is 19.2. The molecule has 1 aliphatic carbocycles. The van der Waals surface area contributed by atoms with Gasteiger partial charge in [-0.2, -0.15) is 0 Å². The summed E-state index contributed by atoms with van der Waals surface area (Å²) in [6.07, 6.45) is 5.38. The molecule has 1 saturated carbocycles. The molecule has 0 amide bonds. The van der Waals surface area contributed by atoms with E-state index in [2.05, 4.69) is 76.7 Å². The zero-order valence-corrected chi connectivity index (χ0v) is 22.9. The van der Waals surface area contributed by atoms with Crippen molar-refractivity contribution in [2.75, 3.05) is 44.2 Å². The third-order valence-electron chi connectivity index (χ3n) is 8.35. The van der Waals surface area contributed by atoms with Crippen LogP contribution in [-0.2, 0) is 13.0 Å². The molecule has 200 valence electrons. The number of aliphatic imine (C=N–C) groups is 1. The lowest BCUT2D eigenvalue weighted by Gasteiger charge is -2.36.